The van der Waals surface area contributed by atoms with E-state index >= 15 is 0 Å². The minimum absolute atomic E-state index is 0.00754. The smallest absolute Gasteiger partial charge is 0.371 e. The lowest BCUT2D eigenvalue weighted by Gasteiger charge is -2.39. The van der Waals surface area contributed by atoms with E-state index < -0.39 is 46.2 Å². The largest absolute Gasteiger partial charge is 0.416 e. The zero-order valence-electron chi connectivity index (χ0n) is 20.6. The van der Waals surface area contributed by atoms with Crippen LogP contribution in [0.4, 0.5) is 45.2 Å². The molecule has 2 aromatic rings. The lowest BCUT2D eigenvalue weighted by molar-refractivity contribution is -0.143. The third kappa shape index (κ3) is 7.22. The first-order chi connectivity index (χ1) is 17.6. The van der Waals surface area contributed by atoms with E-state index in [1.165, 1.54) is 17.0 Å². The molecule has 1 aliphatic heterocycles. The minimum Gasteiger partial charge on any atom is -0.371 e. The Morgan fingerprint density at radius 3 is 1.63 bits per heavy atom. The summed E-state index contributed by atoms with van der Waals surface area (Å²) < 4.78 is 134. The van der Waals surface area contributed by atoms with E-state index in [9.17, 15) is 43.7 Å². The second-order valence-corrected chi connectivity index (χ2v) is 10.2. The summed E-state index contributed by atoms with van der Waals surface area (Å²) in [5.74, 6) is 0. The fourth-order valence-electron chi connectivity index (χ4n) is 4.30. The third-order valence-electron chi connectivity index (χ3n) is 6.22. The van der Waals surface area contributed by atoms with Crippen LogP contribution in [0.25, 0.3) is 0 Å². The molecule has 38 heavy (non-hydrogen) atoms. The summed E-state index contributed by atoms with van der Waals surface area (Å²) in [6, 6.07) is 5.20. The summed E-state index contributed by atoms with van der Waals surface area (Å²) in [7, 11) is -1.90. The Morgan fingerprint density at radius 2 is 1.18 bits per heavy atom. The molecule has 0 bridgehead atoms. The van der Waals surface area contributed by atoms with Crippen molar-refractivity contribution in [3.8, 4) is 0 Å². The average Bonchev–Trinajstić information content (AvgIpc) is 3.69. The molecule has 1 aliphatic carbocycles. The number of anilines is 1. The van der Waals surface area contributed by atoms with Gasteiger partial charge in [0.2, 0.25) is 0 Å². The van der Waals surface area contributed by atoms with Crippen molar-refractivity contribution in [1.82, 2.24) is 4.31 Å². The summed E-state index contributed by atoms with van der Waals surface area (Å²) in [4.78, 5) is 1.41. The van der Waals surface area contributed by atoms with Crippen LogP contribution in [0.3, 0.4) is 0 Å². The fourth-order valence-corrected chi connectivity index (χ4v) is 5.93. The van der Waals surface area contributed by atoms with Crippen molar-refractivity contribution in [3.05, 3.63) is 59.2 Å². The standard InChI is InChI=1S/C23H21F9N2OS.C2H6/c24-21(25,26)14-2-1-3-20(13-14)36(35)34(17-4-5-17)18-6-8-33(9-7-18)19-11-15(22(27,28)29)10-16(12-19)23(30,31)32;1-2/h1-3,10-13,17-18H,4-9H2;1-2H3. The van der Waals surface area contributed by atoms with Crippen molar-refractivity contribution >= 4 is 16.7 Å². The van der Waals surface area contributed by atoms with Gasteiger partial charge in [-0.05, 0) is 62.1 Å². The number of hydrogen-bond acceptors (Lipinski definition) is 2. The number of alkyl halides is 9. The molecule has 1 heterocycles. The van der Waals surface area contributed by atoms with Crippen LogP contribution in [0.15, 0.2) is 47.4 Å². The molecule has 1 unspecified atom stereocenters. The highest BCUT2D eigenvalue weighted by Gasteiger charge is 2.41. The van der Waals surface area contributed by atoms with Crippen LogP contribution in [0, 0.1) is 0 Å². The number of piperidine rings is 1. The monoisotopic (exact) mass is 574 g/mol. The lowest BCUT2D eigenvalue weighted by Crippen LogP contribution is -2.46. The first kappa shape index (κ1) is 30.3. The maximum Gasteiger partial charge on any atom is 0.416 e. The molecule has 1 atom stereocenters. The van der Waals surface area contributed by atoms with Gasteiger partial charge in [-0.25, -0.2) is 8.51 Å². The molecule has 0 amide bonds. The Labute approximate surface area is 217 Å². The van der Waals surface area contributed by atoms with Gasteiger partial charge in [0, 0.05) is 30.9 Å². The summed E-state index contributed by atoms with van der Waals surface area (Å²) in [5, 5.41) is 0. The quantitative estimate of drug-likeness (QED) is 0.339. The van der Waals surface area contributed by atoms with E-state index in [0.717, 1.165) is 12.1 Å². The molecule has 0 N–H and O–H groups in total. The van der Waals surface area contributed by atoms with E-state index in [0.29, 0.717) is 25.0 Å². The van der Waals surface area contributed by atoms with Crippen LogP contribution in [-0.4, -0.2) is 33.7 Å². The van der Waals surface area contributed by atoms with Crippen molar-refractivity contribution in [2.75, 3.05) is 18.0 Å². The molecule has 0 aromatic heterocycles. The zero-order valence-corrected chi connectivity index (χ0v) is 21.4. The normalized spacial score (nSPS) is 18.3. The molecule has 2 aromatic carbocycles. The SMILES string of the molecule is CC.O=S(c1cccc(C(F)(F)F)c1)N(C1CC1)C1CCN(c2cc(C(F)(F)F)cc(C(F)(F)F)c2)CC1. The summed E-state index contributed by atoms with van der Waals surface area (Å²) >= 11 is 0. The predicted molar refractivity (Wildman–Crippen MR) is 126 cm³/mol. The molecule has 1 saturated heterocycles. The van der Waals surface area contributed by atoms with E-state index in [1.807, 2.05) is 13.8 Å². The van der Waals surface area contributed by atoms with Crippen molar-refractivity contribution in [3.63, 3.8) is 0 Å². The Bertz CT molecular complexity index is 1090. The summed E-state index contributed by atoms with van der Waals surface area (Å²) in [6.45, 7) is 4.21. The Morgan fingerprint density at radius 1 is 0.711 bits per heavy atom. The van der Waals surface area contributed by atoms with Crippen LogP contribution < -0.4 is 4.90 Å². The Kier molecular flexibility index (Phi) is 9.12. The third-order valence-corrected chi connectivity index (χ3v) is 7.86. The number of nitrogens with zero attached hydrogens (tertiary/aromatic N) is 2. The maximum atomic E-state index is 13.3. The first-order valence-electron chi connectivity index (χ1n) is 12.1. The molecular formula is C25H27F9N2OS. The number of benzene rings is 2. The second kappa shape index (κ2) is 11.4. The highest BCUT2D eigenvalue weighted by atomic mass is 32.2. The molecule has 2 aliphatic rings. The highest BCUT2D eigenvalue weighted by Crippen LogP contribution is 2.40. The van der Waals surface area contributed by atoms with Crippen molar-refractivity contribution < 1.29 is 43.7 Å². The maximum absolute atomic E-state index is 13.3. The van der Waals surface area contributed by atoms with E-state index in [4.69, 9.17) is 0 Å². The number of halogens is 9. The van der Waals surface area contributed by atoms with Crippen molar-refractivity contribution in [1.29, 1.82) is 0 Å². The van der Waals surface area contributed by atoms with Crippen molar-refractivity contribution in [2.24, 2.45) is 0 Å². The summed E-state index contributed by atoms with van der Waals surface area (Å²) in [6.07, 6.45) is -12.6. The molecule has 13 heteroatoms. The Hall–Kier alpha value is -2.28. The van der Waals surface area contributed by atoms with Gasteiger partial charge < -0.3 is 4.90 Å². The molecule has 4 rings (SSSR count). The van der Waals surface area contributed by atoms with Crippen LogP contribution in [0.5, 0.6) is 0 Å². The Balaban J connectivity index is 0.00000195. The van der Waals surface area contributed by atoms with Crippen LogP contribution in [0.2, 0.25) is 0 Å². The van der Waals surface area contributed by atoms with Crippen LogP contribution in [-0.2, 0) is 29.5 Å². The number of rotatable bonds is 5. The predicted octanol–water partition coefficient (Wildman–Crippen LogP) is 7.93. The van der Waals surface area contributed by atoms with E-state index in [-0.39, 0.29) is 54.7 Å². The average molecular weight is 575 g/mol. The summed E-state index contributed by atoms with van der Waals surface area (Å²) in [5.41, 5.74) is -3.95. The van der Waals surface area contributed by atoms with Gasteiger partial charge in [0.25, 0.3) is 0 Å². The minimum atomic E-state index is -4.96. The molecule has 0 spiro atoms. The zero-order chi connectivity index (χ0) is 28.5. The molecular weight excluding hydrogens is 547 g/mol. The van der Waals surface area contributed by atoms with E-state index in [1.54, 1.807) is 4.31 Å². The number of hydrogen-bond donors (Lipinski definition) is 0. The fraction of sp³-hybridized carbons (Fsp3) is 0.520. The molecule has 0 radical (unpaired) electrons. The second-order valence-electron chi connectivity index (χ2n) is 8.85. The molecule has 3 nitrogen and oxygen atoms in total. The van der Waals surface area contributed by atoms with Gasteiger partial charge >= 0.3 is 18.5 Å². The van der Waals surface area contributed by atoms with E-state index in [2.05, 4.69) is 0 Å². The molecule has 1 saturated carbocycles. The van der Waals surface area contributed by atoms with Gasteiger partial charge in [-0.1, -0.05) is 19.9 Å². The first-order valence-corrected chi connectivity index (χ1v) is 13.2. The van der Waals surface area contributed by atoms with Gasteiger partial charge in [-0.15, -0.1) is 0 Å². The lowest BCUT2D eigenvalue weighted by atomic mass is 10.0. The van der Waals surface area contributed by atoms with Crippen LogP contribution in [0.1, 0.15) is 56.2 Å². The van der Waals surface area contributed by atoms with Crippen LogP contribution >= 0.6 is 0 Å². The van der Waals surface area contributed by atoms with Gasteiger partial charge in [-0.2, -0.15) is 39.5 Å². The van der Waals surface area contributed by atoms with Gasteiger partial charge in [0.1, 0.15) is 11.0 Å². The van der Waals surface area contributed by atoms with Crippen molar-refractivity contribution in [2.45, 2.75) is 75.0 Å². The highest BCUT2D eigenvalue weighted by molar-refractivity contribution is 7.82. The molecule has 212 valence electrons. The topological polar surface area (TPSA) is 23.6 Å². The molecule has 2 fully saturated rings. The van der Waals surface area contributed by atoms with Gasteiger partial charge in [0.05, 0.1) is 21.6 Å². The van der Waals surface area contributed by atoms with Gasteiger partial charge in [0.15, 0.2) is 0 Å². The van der Waals surface area contributed by atoms with Gasteiger partial charge in [-0.3, -0.25) is 0 Å².